The van der Waals surface area contributed by atoms with Gasteiger partial charge in [-0.15, -0.1) is 6.58 Å². The lowest BCUT2D eigenvalue weighted by molar-refractivity contribution is 0.544. The molecule has 15 heavy (non-hydrogen) atoms. The van der Waals surface area contributed by atoms with E-state index in [0.29, 0.717) is 4.75 Å². The molecule has 0 spiro atoms. The van der Waals surface area contributed by atoms with Crippen molar-refractivity contribution in [1.82, 2.24) is 0 Å². The van der Waals surface area contributed by atoms with Gasteiger partial charge >= 0.3 is 0 Å². The number of hydrogen-bond donors (Lipinski definition) is 0. The van der Waals surface area contributed by atoms with Crippen molar-refractivity contribution in [2.75, 3.05) is 18.3 Å². The minimum atomic E-state index is -0.480. The maximum atomic E-state index is 3.95. The van der Waals surface area contributed by atoms with Crippen molar-refractivity contribution in [1.29, 1.82) is 0 Å². The van der Waals surface area contributed by atoms with Crippen LogP contribution in [0.5, 0.6) is 0 Å². The Bertz CT molecular complexity index is 178. The minimum Gasteiger partial charge on any atom is -0.241 e. The molecule has 0 aliphatic heterocycles. The van der Waals surface area contributed by atoms with Crippen molar-refractivity contribution < 1.29 is 0 Å². The Morgan fingerprint density at radius 3 is 2.00 bits per heavy atom. The van der Waals surface area contributed by atoms with Gasteiger partial charge in [-0.25, -0.2) is 10.0 Å². The van der Waals surface area contributed by atoms with E-state index >= 15 is 0 Å². The SMILES string of the molecule is C=CCC(CC)(CC)S(C)(C)CCCC. The largest absolute Gasteiger partial charge is 0.241 e. The predicted molar refractivity (Wildman–Crippen MR) is 77.3 cm³/mol. The number of unbranched alkanes of at least 4 members (excludes halogenated alkanes) is 1. The molecule has 0 radical (unpaired) electrons. The zero-order valence-corrected chi connectivity index (χ0v) is 12.3. The first-order valence-corrected chi connectivity index (χ1v) is 8.93. The average Bonchev–Trinajstić information content (AvgIpc) is 2.23. The molecule has 0 aromatic rings. The lowest BCUT2D eigenvalue weighted by atomic mass is 9.98. The molecule has 0 aromatic carbocycles. The highest BCUT2D eigenvalue weighted by molar-refractivity contribution is 8.33. The van der Waals surface area contributed by atoms with Crippen molar-refractivity contribution in [2.45, 2.75) is 57.6 Å². The molecule has 0 saturated carbocycles. The second-order valence-electron chi connectivity index (χ2n) is 4.98. The molecule has 0 aliphatic carbocycles. The van der Waals surface area contributed by atoms with E-state index in [1.54, 1.807) is 0 Å². The molecule has 0 saturated heterocycles. The van der Waals surface area contributed by atoms with Crippen LogP contribution in [0.1, 0.15) is 52.9 Å². The van der Waals surface area contributed by atoms with Gasteiger partial charge in [-0.05, 0) is 43.9 Å². The van der Waals surface area contributed by atoms with E-state index < -0.39 is 10.0 Å². The Hall–Kier alpha value is 0.0900. The fraction of sp³-hybridized carbons (Fsp3) is 0.857. The molecule has 0 N–H and O–H groups in total. The van der Waals surface area contributed by atoms with Crippen LogP contribution in [0.2, 0.25) is 0 Å². The van der Waals surface area contributed by atoms with Crippen LogP contribution in [0, 0.1) is 0 Å². The summed E-state index contributed by atoms with van der Waals surface area (Å²) in [5.41, 5.74) is 0. The third kappa shape index (κ3) is 3.55. The standard InChI is InChI=1S/C14H30S/c1-7-11-13-15(5,6)14(9-3,10-4)12-8-2/h8H,2,7,9-13H2,1,3-6H3. The first-order chi connectivity index (χ1) is 6.99. The van der Waals surface area contributed by atoms with Crippen LogP contribution in [0.3, 0.4) is 0 Å². The molecule has 0 rings (SSSR count). The van der Waals surface area contributed by atoms with Crippen molar-refractivity contribution in [2.24, 2.45) is 0 Å². The molecule has 0 heterocycles. The summed E-state index contributed by atoms with van der Waals surface area (Å²) in [6.07, 6.45) is 13.7. The molecular weight excluding hydrogens is 200 g/mol. The van der Waals surface area contributed by atoms with Gasteiger partial charge in [0.2, 0.25) is 0 Å². The number of rotatable bonds is 8. The summed E-state index contributed by atoms with van der Waals surface area (Å²) in [6.45, 7) is 11.0. The lowest BCUT2D eigenvalue weighted by Gasteiger charge is -2.51. The van der Waals surface area contributed by atoms with Crippen molar-refractivity contribution in [3.05, 3.63) is 12.7 Å². The fourth-order valence-corrected chi connectivity index (χ4v) is 6.11. The maximum absolute atomic E-state index is 3.95. The van der Waals surface area contributed by atoms with Gasteiger partial charge in [0, 0.05) is 4.75 Å². The van der Waals surface area contributed by atoms with Gasteiger partial charge in [0.05, 0.1) is 0 Å². The minimum absolute atomic E-state index is 0.480. The van der Waals surface area contributed by atoms with Crippen LogP contribution in [0.25, 0.3) is 0 Å². The topological polar surface area (TPSA) is 0 Å². The summed E-state index contributed by atoms with van der Waals surface area (Å²) in [4.78, 5) is 0. The molecule has 0 bridgehead atoms. The summed E-state index contributed by atoms with van der Waals surface area (Å²) < 4.78 is 0.546. The molecule has 0 fully saturated rings. The fourth-order valence-electron chi connectivity index (χ4n) is 2.53. The van der Waals surface area contributed by atoms with Crippen molar-refractivity contribution in [3.63, 3.8) is 0 Å². The zero-order valence-electron chi connectivity index (χ0n) is 11.4. The second kappa shape index (κ2) is 6.62. The average molecular weight is 230 g/mol. The van der Waals surface area contributed by atoms with E-state index in [9.17, 15) is 0 Å². The molecule has 92 valence electrons. The third-order valence-electron chi connectivity index (χ3n) is 3.99. The Labute approximate surface area is 98.9 Å². The van der Waals surface area contributed by atoms with E-state index in [-0.39, 0.29) is 0 Å². The van der Waals surface area contributed by atoms with E-state index in [4.69, 9.17) is 0 Å². The first-order valence-electron chi connectivity index (χ1n) is 6.31. The third-order valence-corrected chi connectivity index (χ3v) is 8.38. The number of allylic oxidation sites excluding steroid dienone is 1. The van der Waals surface area contributed by atoms with E-state index in [1.807, 2.05) is 0 Å². The summed E-state index contributed by atoms with van der Waals surface area (Å²) >= 11 is 0. The van der Waals surface area contributed by atoms with Crippen LogP contribution in [-0.4, -0.2) is 23.0 Å². The highest BCUT2D eigenvalue weighted by atomic mass is 32.3. The summed E-state index contributed by atoms with van der Waals surface area (Å²) in [7, 11) is -0.480. The Morgan fingerprint density at radius 2 is 1.67 bits per heavy atom. The Kier molecular flexibility index (Phi) is 6.66. The van der Waals surface area contributed by atoms with Crippen LogP contribution < -0.4 is 0 Å². The summed E-state index contributed by atoms with van der Waals surface area (Å²) in [6, 6.07) is 0. The van der Waals surface area contributed by atoms with Crippen molar-refractivity contribution in [3.8, 4) is 0 Å². The van der Waals surface area contributed by atoms with E-state index in [2.05, 4.69) is 45.9 Å². The lowest BCUT2D eigenvalue weighted by Crippen LogP contribution is -2.34. The highest BCUT2D eigenvalue weighted by Gasteiger charge is 2.36. The number of hydrogen-bond acceptors (Lipinski definition) is 0. The van der Waals surface area contributed by atoms with Gasteiger partial charge in [0.25, 0.3) is 0 Å². The van der Waals surface area contributed by atoms with Gasteiger partial charge in [0.1, 0.15) is 0 Å². The quantitative estimate of drug-likeness (QED) is 0.516. The molecule has 0 unspecified atom stereocenters. The van der Waals surface area contributed by atoms with Crippen molar-refractivity contribution >= 4 is 10.0 Å². The van der Waals surface area contributed by atoms with Gasteiger partial charge in [-0.1, -0.05) is 33.3 Å². The van der Waals surface area contributed by atoms with Crippen LogP contribution in [0.4, 0.5) is 0 Å². The Balaban J connectivity index is 4.76. The normalized spacial score (nSPS) is 13.9. The molecule has 0 aromatic heterocycles. The predicted octanol–water partition coefficient (Wildman–Crippen LogP) is 4.99. The maximum Gasteiger partial charge on any atom is 0.00268 e. The van der Waals surface area contributed by atoms with Crippen LogP contribution in [0.15, 0.2) is 12.7 Å². The highest BCUT2D eigenvalue weighted by Crippen LogP contribution is 2.59. The van der Waals surface area contributed by atoms with Crippen LogP contribution >= 0.6 is 10.0 Å². The van der Waals surface area contributed by atoms with Crippen LogP contribution in [-0.2, 0) is 0 Å². The summed E-state index contributed by atoms with van der Waals surface area (Å²) in [5.74, 6) is 1.43. The van der Waals surface area contributed by atoms with Gasteiger partial charge in [0.15, 0.2) is 0 Å². The smallest absolute Gasteiger partial charge is 0.00268 e. The summed E-state index contributed by atoms with van der Waals surface area (Å²) in [5, 5.41) is 0. The van der Waals surface area contributed by atoms with E-state index in [0.717, 1.165) is 0 Å². The molecule has 0 nitrogen and oxygen atoms in total. The zero-order chi connectivity index (χ0) is 11.9. The van der Waals surface area contributed by atoms with Gasteiger partial charge < -0.3 is 0 Å². The van der Waals surface area contributed by atoms with Gasteiger partial charge in [-0.3, -0.25) is 0 Å². The first kappa shape index (κ1) is 15.1. The van der Waals surface area contributed by atoms with E-state index in [1.165, 1.54) is 37.9 Å². The second-order valence-corrected chi connectivity index (χ2v) is 9.33. The molecule has 0 atom stereocenters. The molecule has 0 amide bonds. The molecule has 0 aliphatic rings. The monoisotopic (exact) mass is 230 g/mol. The van der Waals surface area contributed by atoms with Gasteiger partial charge in [-0.2, -0.15) is 0 Å². The Morgan fingerprint density at radius 1 is 1.13 bits per heavy atom. The molecular formula is C14H30S. The molecule has 1 heteroatoms.